The number of carbonyl (C=O) groups excluding carboxylic acids is 1. The fourth-order valence-corrected chi connectivity index (χ4v) is 6.19. The highest BCUT2D eigenvalue weighted by Gasteiger charge is 2.37. The number of amides is 1. The van der Waals surface area contributed by atoms with Crippen molar-refractivity contribution in [1.29, 1.82) is 0 Å². The van der Waals surface area contributed by atoms with Crippen molar-refractivity contribution in [3.8, 4) is 0 Å². The van der Waals surface area contributed by atoms with Gasteiger partial charge in [0.2, 0.25) is 5.91 Å². The van der Waals surface area contributed by atoms with E-state index >= 15 is 0 Å². The first-order chi connectivity index (χ1) is 17.5. The molecule has 204 valence electrons. The average molecular weight is 548 g/mol. The largest absolute Gasteiger partial charge is 0.416 e. The first kappa shape index (κ1) is 27.9. The molecule has 1 N–H and O–H groups in total. The average Bonchev–Trinajstić information content (AvgIpc) is 3.38. The Morgan fingerprint density at radius 2 is 1.57 bits per heavy atom. The Labute approximate surface area is 216 Å². The fraction of sp³-hybridized carbons (Fsp3) is 0.577. The maximum absolute atomic E-state index is 13.2. The van der Waals surface area contributed by atoms with Crippen molar-refractivity contribution in [3.05, 3.63) is 57.3 Å². The molecule has 4 rings (SSSR count). The van der Waals surface area contributed by atoms with Crippen LogP contribution in [0.2, 0.25) is 0 Å². The highest BCUT2D eigenvalue weighted by molar-refractivity contribution is 7.10. The van der Waals surface area contributed by atoms with Crippen LogP contribution in [0.3, 0.4) is 0 Å². The summed E-state index contributed by atoms with van der Waals surface area (Å²) < 4.78 is 79.0. The number of carbonyl (C=O) groups is 1. The minimum atomic E-state index is -4.95. The van der Waals surface area contributed by atoms with Gasteiger partial charge < -0.3 is 5.32 Å². The molecule has 1 aromatic carbocycles. The van der Waals surface area contributed by atoms with Crippen LogP contribution in [0.5, 0.6) is 0 Å². The third-order valence-corrected chi connectivity index (χ3v) is 8.23. The van der Waals surface area contributed by atoms with Crippen molar-refractivity contribution in [1.82, 2.24) is 15.1 Å². The van der Waals surface area contributed by atoms with Crippen molar-refractivity contribution in [2.75, 3.05) is 32.7 Å². The summed E-state index contributed by atoms with van der Waals surface area (Å²) in [6.07, 6.45) is -4.16. The van der Waals surface area contributed by atoms with Gasteiger partial charge in [-0.15, -0.1) is 11.3 Å². The van der Waals surface area contributed by atoms with E-state index in [1.54, 1.807) is 11.3 Å². The maximum atomic E-state index is 13.2. The van der Waals surface area contributed by atoms with Gasteiger partial charge in [-0.1, -0.05) is 25.3 Å². The van der Waals surface area contributed by atoms with E-state index in [2.05, 4.69) is 15.1 Å². The standard InChI is InChI=1S/C26H31F6N3OS/c27-25(28,29)19-13-18(14-20(16-19)26(30,31)32)15-24(36)33-17-22(23-7-4-12-37-23)35-10-8-34(9-11-35)21-5-2-1-3-6-21/h4,7,12-14,16,21-22H,1-3,5-6,8-11,15,17H2,(H,33,36). The van der Waals surface area contributed by atoms with Gasteiger partial charge >= 0.3 is 12.4 Å². The molecule has 1 aliphatic carbocycles. The Morgan fingerprint density at radius 1 is 0.946 bits per heavy atom. The van der Waals surface area contributed by atoms with Gasteiger partial charge in [-0.05, 0) is 48.1 Å². The van der Waals surface area contributed by atoms with E-state index < -0.39 is 35.8 Å². The Hall–Kier alpha value is -2.11. The van der Waals surface area contributed by atoms with Gasteiger partial charge in [0.1, 0.15) is 0 Å². The Kier molecular flexibility index (Phi) is 8.85. The van der Waals surface area contributed by atoms with Crippen molar-refractivity contribution in [2.45, 2.75) is 63.0 Å². The first-order valence-electron chi connectivity index (χ1n) is 12.6. The smallest absolute Gasteiger partial charge is 0.354 e. The number of nitrogens with one attached hydrogen (secondary N) is 1. The van der Waals surface area contributed by atoms with Crippen LogP contribution in [-0.4, -0.2) is 54.5 Å². The number of piperazine rings is 1. The SMILES string of the molecule is O=C(Cc1cc(C(F)(F)F)cc(C(F)(F)F)c1)NCC(c1cccs1)N1CCN(C2CCCCC2)CC1. The lowest BCUT2D eigenvalue weighted by atomic mass is 9.93. The number of benzene rings is 1. The predicted molar refractivity (Wildman–Crippen MR) is 130 cm³/mol. The Bertz CT molecular complexity index is 994. The highest BCUT2D eigenvalue weighted by atomic mass is 32.1. The van der Waals surface area contributed by atoms with Crippen molar-refractivity contribution in [3.63, 3.8) is 0 Å². The van der Waals surface area contributed by atoms with Gasteiger partial charge in [0.05, 0.1) is 23.6 Å². The number of nitrogens with zero attached hydrogens (tertiary/aromatic N) is 2. The zero-order valence-electron chi connectivity index (χ0n) is 20.4. The summed E-state index contributed by atoms with van der Waals surface area (Å²) >= 11 is 1.56. The normalized spacial score (nSPS) is 19.6. The van der Waals surface area contributed by atoms with Crippen molar-refractivity contribution < 1.29 is 31.1 Å². The number of rotatable bonds is 7. The van der Waals surface area contributed by atoms with Crippen LogP contribution >= 0.6 is 11.3 Å². The summed E-state index contributed by atoms with van der Waals surface area (Å²) in [5, 5.41) is 4.71. The number of alkyl halides is 6. The zero-order chi connectivity index (χ0) is 26.6. The quantitative estimate of drug-likeness (QED) is 0.424. The molecule has 37 heavy (non-hydrogen) atoms. The van der Waals surface area contributed by atoms with Gasteiger partial charge in [-0.3, -0.25) is 14.6 Å². The van der Waals surface area contributed by atoms with Crippen LogP contribution in [0, 0.1) is 0 Å². The molecule has 1 saturated carbocycles. The molecule has 11 heteroatoms. The van der Waals surface area contributed by atoms with Crippen LogP contribution in [0.1, 0.15) is 59.7 Å². The lowest BCUT2D eigenvalue weighted by molar-refractivity contribution is -0.143. The number of thiophene rings is 1. The zero-order valence-corrected chi connectivity index (χ0v) is 21.2. The monoisotopic (exact) mass is 547 g/mol. The highest BCUT2D eigenvalue weighted by Crippen LogP contribution is 2.36. The number of hydrogen-bond donors (Lipinski definition) is 1. The summed E-state index contributed by atoms with van der Waals surface area (Å²) in [5.41, 5.74) is -3.16. The Morgan fingerprint density at radius 3 is 2.11 bits per heavy atom. The molecule has 2 heterocycles. The lowest BCUT2D eigenvalue weighted by Crippen LogP contribution is -2.52. The maximum Gasteiger partial charge on any atom is 0.416 e. The molecular weight excluding hydrogens is 516 g/mol. The summed E-state index contributed by atoms with van der Waals surface area (Å²) in [7, 11) is 0. The van der Waals surface area contributed by atoms with Crippen LogP contribution in [0.15, 0.2) is 35.7 Å². The number of hydrogen-bond acceptors (Lipinski definition) is 4. The number of halogens is 6. The topological polar surface area (TPSA) is 35.6 Å². The second kappa shape index (κ2) is 11.7. The molecule has 1 amide bonds. The van der Waals surface area contributed by atoms with Gasteiger partial charge in [-0.2, -0.15) is 26.3 Å². The Balaban J connectivity index is 1.40. The minimum absolute atomic E-state index is 0.0706. The third kappa shape index (κ3) is 7.48. The van der Waals surface area contributed by atoms with E-state index in [0.717, 1.165) is 31.1 Å². The van der Waals surface area contributed by atoms with Crippen LogP contribution in [0.4, 0.5) is 26.3 Å². The van der Waals surface area contributed by atoms with E-state index in [-0.39, 0.29) is 24.2 Å². The molecule has 0 bridgehead atoms. The van der Waals surface area contributed by atoms with Gasteiger partial charge in [0.25, 0.3) is 0 Å². The molecule has 1 atom stereocenters. The van der Waals surface area contributed by atoms with Crippen LogP contribution in [0.25, 0.3) is 0 Å². The van der Waals surface area contributed by atoms with E-state index in [4.69, 9.17) is 0 Å². The summed E-state index contributed by atoms with van der Waals surface area (Å²) in [5.74, 6) is -0.616. The summed E-state index contributed by atoms with van der Waals surface area (Å²) in [6, 6.07) is 5.72. The molecule has 0 radical (unpaired) electrons. The van der Waals surface area contributed by atoms with Crippen molar-refractivity contribution in [2.24, 2.45) is 0 Å². The minimum Gasteiger partial charge on any atom is -0.354 e. The van der Waals surface area contributed by atoms with Crippen LogP contribution in [-0.2, 0) is 23.6 Å². The van der Waals surface area contributed by atoms with Gasteiger partial charge in [0.15, 0.2) is 0 Å². The van der Waals surface area contributed by atoms with E-state index in [0.29, 0.717) is 18.2 Å². The first-order valence-corrected chi connectivity index (χ1v) is 13.5. The summed E-state index contributed by atoms with van der Waals surface area (Å²) in [4.78, 5) is 18.6. The molecular formula is C26H31F6N3OS. The lowest BCUT2D eigenvalue weighted by Gasteiger charge is -2.43. The fourth-order valence-electron chi connectivity index (χ4n) is 5.33. The summed E-state index contributed by atoms with van der Waals surface area (Å²) in [6.45, 7) is 3.76. The molecule has 1 aliphatic heterocycles. The van der Waals surface area contributed by atoms with E-state index in [9.17, 15) is 31.1 Å². The molecule has 1 saturated heterocycles. The van der Waals surface area contributed by atoms with E-state index in [1.165, 1.54) is 32.1 Å². The van der Waals surface area contributed by atoms with Gasteiger partial charge in [0, 0.05) is 43.6 Å². The predicted octanol–water partition coefficient (Wildman–Crippen LogP) is 6.14. The van der Waals surface area contributed by atoms with Gasteiger partial charge in [-0.25, -0.2) is 0 Å². The second-order valence-corrected chi connectivity index (χ2v) is 10.8. The molecule has 1 aromatic heterocycles. The van der Waals surface area contributed by atoms with Crippen molar-refractivity contribution >= 4 is 17.2 Å². The molecule has 1 unspecified atom stereocenters. The second-order valence-electron chi connectivity index (χ2n) is 9.79. The molecule has 2 fully saturated rings. The van der Waals surface area contributed by atoms with Crippen LogP contribution < -0.4 is 5.32 Å². The molecule has 2 aromatic rings. The molecule has 2 aliphatic rings. The third-order valence-electron chi connectivity index (χ3n) is 7.26. The molecule has 0 spiro atoms. The van der Waals surface area contributed by atoms with E-state index in [1.807, 2.05) is 17.5 Å². The molecule has 4 nitrogen and oxygen atoms in total.